The average Bonchev–Trinajstić information content (AvgIpc) is 2.49. The number of hydrogen-bond acceptors (Lipinski definition) is 3. The highest BCUT2D eigenvalue weighted by Gasteiger charge is 2.33. The molecule has 2 aliphatic rings. The van der Waals surface area contributed by atoms with Crippen molar-refractivity contribution in [1.29, 1.82) is 0 Å². The number of fused-ring (bicyclic) bond motifs is 1. The third kappa shape index (κ3) is 5.24. The van der Waals surface area contributed by atoms with Crippen molar-refractivity contribution in [3.05, 3.63) is 0 Å². The average molecular weight is 310 g/mol. The quantitative estimate of drug-likeness (QED) is 0.820. The topological polar surface area (TPSA) is 43.8 Å². The standard InChI is InChI=1S/C18H34N2O2/c1-18(2,22)11-14-19(3)17(21)10-9-15-7-6-13-20-12-5-4-8-16(15)20/h15-16,22H,4-14H2,1-3H3/t15-,16+/m0/s1. The Labute approximate surface area is 135 Å². The molecule has 2 atom stereocenters. The molecule has 4 nitrogen and oxygen atoms in total. The molecule has 0 aromatic carbocycles. The number of hydrogen-bond donors (Lipinski definition) is 1. The first-order valence-electron chi connectivity index (χ1n) is 9.07. The Morgan fingerprint density at radius 2 is 1.95 bits per heavy atom. The summed E-state index contributed by atoms with van der Waals surface area (Å²) in [5.74, 6) is 0.942. The summed E-state index contributed by atoms with van der Waals surface area (Å²) in [5.41, 5.74) is -0.694. The van der Waals surface area contributed by atoms with E-state index in [4.69, 9.17) is 0 Å². The van der Waals surface area contributed by atoms with E-state index in [2.05, 4.69) is 4.90 Å². The molecule has 4 heteroatoms. The summed E-state index contributed by atoms with van der Waals surface area (Å²) in [6.45, 7) is 6.76. The van der Waals surface area contributed by atoms with Crippen molar-refractivity contribution < 1.29 is 9.90 Å². The fraction of sp³-hybridized carbons (Fsp3) is 0.944. The summed E-state index contributed by atoms with van der Waals surface area (Å²) >= 11 is 0. The molecule has 0 saturated carbocycles. The van der Waals surface area contributed by atoms with Gasteiger partial charge in [0.25, 0.3) is 0 Å². The van der Waals surface area contributed by atoms with Crippen molar-refractivity contribution in [2.75, 3.05) is 26.7 Å². The summed E-state index contributed by atoms with van der Waals surface area (Å²) in [6.07, 6.45) is 8.96. The van der Waals surface area contributed by atoms with Gasteiger partial charge in [0, 0.05) is 26.1 Å². The molecule has 0 aromatic rings. The van der Waals surface area contributed by atoms with Crippen molar-refractivity contribution in [3.8, 4) is 0 Å². The lowest BCUT2D eigenvalue weighted by molar-refractivity contribution is -0.131. The van der Waals surface area contributed by atoms with E-state index in [9.17, 15) is 9.90 Å². The first-order chi connectivity index (χ1) is 10.4. The minimum Gasteiger partial charge on any atom is -0.390 e. The molecule has 2 saturated heterocycles. The van der Waals surface area contributed by atoms with E-state index < -0.39 is 5.60 Å². The minimum atomic E-state index is -0.694. The molecule has 0 spiro atoms. The Hall–Kier alpha value is -0.610. The maximum absolute atomic E-state index is 12.3. The van der Waals surface area contributed by atoms with Crippen LogP contribution in [0.4, 0.5) is 0 Å². The van der Waals surface area contributed by atoms with Gasteiger partial charge in [-0.3, -0.25) is 4.79 Å². The van der Waals surface area contributed by atoms with E-state index in [-0.39, 0.29) is 5.91 Å². The SMILES string of the molecule is CN(CCC(C)(C)O)C(=O)CC[C@@H]1CCCN2CCCC[C@H]12. The minimum absolute atomic E-state index is 0.234. The molecule has 128 valence electrons. The summed E-state index contributed by atoms with van der Waals surface area (Å²) in [6, 6.07) is 0.733. The Balaban J connectivity index is 1.75. The van der Waals surface area contributed by atoms with Crippen LogP contribution in [-0.4, -0.2) is 59.1 Å². The van der Waals surface area contributed by atoms with Crippen LogP contribution in [0, 0.1) is 5.92 Å². The molecule has 1 amide bonds. The largest absolute Gasteiger partial charge is 0.390 e. The van der Waals surface area contributed by atoms with E-state index in [1.165, 1.54) is 45.2 Å². The van der Waals surface area contributed by atoms with E-state index in [1.807, 2.05) is 7.05 Å². The number of carbonyl (C=O) groups excluding carboxylic acids is 1. The zero-order valence-electron chi connectivity index (χ0n) is 14.7. The van der Waals surface area contributed by atoms with Gasteiger partial charge in [-0.2, -0.15) is 0 Å². The monoisotopic (exact) mass is 310 g/mol. The number of carbonyl (C=O) groups is 1. The van der Waals surface area contributed by atoms with E-state index in [0.717, 1.165) is 12.5 Å². The number of piperidine rings is 2. The van der Waals surface area contributed by atoms with Gasteiger partial charge in [0.05, 0.1) is 5.60 Å². The second kappa shape index (κ2) is 7.78. The highest BCUT2D eigenvalue weighted by molar-refractivity contribution is 5.75. The molecule has 0 bridgehead atoms. The van der Waals surface area contributed by atoms with E-state index >= 15 is 0 Å². The Bertz CT molecular complexity index is 363. The molecular formula is C18H34N2O2. The smallest absolute Gasteiger partial charge is 0.222 e. The van der Waals surface area contributed by atoms with Gasteiger partial charge in [-0.25, -0.2) is 0 Å². The predicted molar refractivity (Wildman–Crippen MR) is 89.7 cm³/mol. The summed E-state index contributed by atoms with van der Waals surface area (Å²) in [7, 11) is 1.86. The number of nitrogens with zero attached hydrogens (tertiary/aromatic N) is 2. The van der Waals surface area contributed by atoms with Crippen LogP contribution >= 0.6 is 0 Å². The summed E-state index contributed by atoms with van der Waals surface area (Å²) < 4.78 is 0. The zero-order chi connectivity index (χ0) is 16.2. The predicted octanol–water partition coefficient (Wildman–Crippen LogP) is 2.65. The van der Waals surface area contributed by atoms with Gasteiger partial charge >= 0.3 is 0 Å². The van der Waals surface area contributed by atoms with Gasteiger partial charge in [0.15, 0.2) is 0 Å². The molecule has 22 heavy (non-hydrogen) atoms. The third-order valence-corrected chi connectivity index (χ3v) is 5.44. The van der Waals surface area contributed by atoms with Gasteiger partial charge in [-0.15, -0.1) is 0 Å². The molecule has 2 rings (SSSR count). The van der Waals surface area contributed by atoms with Crippen molar-refractivity contribution in [1.82, 2.24) is 9.80 Å². The summed E-state index contributed by atoms with van der Waals surface area (Å²) in [4.78, 5) is 16.8. The van der Waals surface area contributed by atoms with Gasteiger partial charge in [0.2, 0.25) is 5.91 Å². The molecule has 0 aliphatic carbocycles. The molecular weight excluding hydrogens is 276 g/mol. The maximum Gasteiger partial charge on any atom is 0.222 e. The van der Waals surface area contributed by atoms with Crippen LogP contribution < -0.4 is 0 Å². The number of rotatable bonds is 6. The second-order valence-electron chi connectivity index (χ2n) is 7.92. The fourth-order valence-corrected chi connectivity index (χ4v) is 3.98. The van der Waals surface area contributed by atoms with Crippen LogP contribution in [0.3, 0.4) is 0 Å². The van der Waals surface area contributed by atoms with Gasteiger partial charge < -0.3 is 14.9 Å². The normalized spacial score (nSPS) is 26.5. The van der Waals surface area contributed by atoms with Crippen LogP contribution in [0.1, 0.15) is 65.2 Å². The lowest BCUT2D eigenvalue weighted by Gasteiger charge is -2.44. The second-order valence-corrected chi connectivity index (χ2v) is 7.92. The molecule has 2 heterocycles. The summed E-state index contributed by atoms with van der Waals surface area (Å²) in [5, 5.41) is 9.77. The van der Waals surface area contributed by atoms with Crippen LogP contribution in [0.25, 0.3) is 0 Å². The Morgan fingerprint density at radius 3 is 2.68 bits per heavy atom. The first-order valence-corrected chi connectivity index (χ1v) is 9.07. The first kappa shape index (κ1) is 17.7. The van der Waals surface area contributed by atoms with Crippen molar-refractivity contribution in [2.24, 2.45) is 5.92 Å². The molecule has 0 radical (unpaired) electrons. The van der Waals surface area contributed by atoms with Crippen LogP contribution in [0.5, 0.6) is 0 Å². The lowest BCUT2D eigenvalue weighted by atomic mass is 9.81. The lowest BCUT2D eigenvalue weighted by Crippen LogP contribution is -2.48. The molecule has 2 aliphatic heterocycles. The van der Waals surface area contributed by atoms with Crippen molar-refractivity contribution >= 4 is 5.91 Å². The number of aliphatic hydroxyl groups is 1. The molecule has 1 N–H and O–H groups in total. The van der Waals surface area contributed by atoms with E-state index in [0.29, 0.717) is 25.3 Å². The Morgan fingerprint density at radius 1 is 1.23 bits per heavy atom. The van der Waals surface area contributed by atoms with Gasteiger partial charge in [-0.1, -0.05) is 6.42 Å². The third-order valence-electron chi connectivity index (χ3n) is 5.44. The highest BCUT2D eigenvalue weighted by atomic mass is 16.3. The molecule has 0 aromatic heterocycles. The van der Waals surface area contributed by atoms with Crippen LogP contribution in [-0.2, 0) is 4.79 Å². The van der Waals surface area contributed by atoms with Gasteiger partial charge in [0.1, 0.15) is 0 Å². The fourth-order valence-electron chi connectivity index (χ4n) is 3.98. The van der Waals surface area contributed by atoms with Crippen LogP contribution in [0.15, 0.2) is 0 Å². The maximum atomic E-state index is 12.3. The van der Waals surface area contributed by atoms with Crippen molar-refractivity contribution in [2.45, 2.75) is 76.9 Å². The highest BCUT2D eigenvalue weighted by Crippen LogP contribution is 2.33. The van der Waals surface area contributed by atoms with Gasteiger partial charge in [-0.05, 0) is 71.4 Å². The van der Waals surface area contributed by atoms with E-state index in [1.54, 1.807) is 18.7 Å². The van der Waals surface area contributed by atoms with Crippen molar-refractivity contribution in [3.63, 3.8) is 0 Å². The zero-order valence-corrected chi connectivity index (χ0v) is 14.7. The van der Waals surface area contributed by atoms with Crippen LogP contribution in [0.2, 0.25) is 0 Å². The Kier molecular flexibility index (Phi) is 6.27. The molecule has 0 unspecified atom stereocenters. The molecule has 2 fully saturated rings. The number of amides is 1.